The fourth-order valence-electron chi connectivity index (χ4n) is 3.51. The molecule has 0 spiro atoms. The first-order valence-corrected chi connectivity index (χ1v) is 11.0. The van der Waals surface area contributed by atoms with E-state index >= 15 is 0 Å². The molecular weight excluding hydrogens is 400 g/mol. The summed E-state index contributed by atoms with van der Waals surface area (Å²) in [5, 5.41) is 13.0. The molecule has 1 aliphatic rings. The first kappa shape index (κ1) is 22.4. The van der Waals surface area contributed by atoms with E-state index in [1.165, 1.54) is 4.90 Å². The number of aliphatic hydroxyl groups excluding tert-OH is 1. The van der Waals surface area contributed by atoms with Crippen LogP contribution in [0.3, 0.4) is 0 Å². The van der Waals surface area contributed by atoms with Gasteiger partial charge in [-0.05, 0) is 23.5 Å². The van der Waals surface area contributed by atoms with Gasteiger partial charge in [0.25, 0.3) is 0 Å². The minimum absolute atomic E-state index is 0.129. The molecule has 2 aromatic rings. The largest absolute Gasteiger partial charge is 0.391 e. The molecule has 4 N–H and O–H groups in total. The highest BCUT2D eigenvalue weighted by atomic mass is 32.1. The monoisotopic (exact) mass is 430 g/mol. The van der Waals surface area contributed by atoms with Crippen molar-refractivity contribution >= 4 is 23.2 Å². The third-order valence-corrected chi connectivity index (χ3v) is 6.47. The van der Waals surface area contributed by atoms with Gasteiger partial charge in [0.15, 0.2) is 0 Å². The number of aliphatic hydroxyl groups is 1. The third kappa shape index (κ3) is 4.88. The van der Waals surface area contributed by atoms with Crippen molar-refractivity contribution in [1.29, 1.82) is 0 Å². The number of carbonyl (C=O) groups excluding carboxylic acids is 2. The molecule has 30 heavy (non-hydrogen) atoms. The molecule has 1 aliphatic heterocycles. The highest BCUT2D eigenvalue weighted by Crippen LogP contribution is 2.27. The van der Waals surface area contributed by atoms with Gasteiger partial charge in [0.2, 0.25) is 11.8 Å². The van der Waals surface area contributed by atoms with Gasteiger partial charge < -0.3 is 21.1 Å². The van der Waals surface area contributed by atoms with Gasteiger partial charge in [-0.3, -0.25) is 9.59 Å². The number of nitrogens with zero attached hydrogens (tertiary/aromatic N) is 2. The predicted molar refractivity (Wildman–Crippen MR) is 118 cm³/mol. The summed E-state index contributed by atoms with van der Waals surface area (Å²) in [6.45, 7) is 8.11. The lowest BCUT2D eigenvalue weighted by molar-refractivity contribution is -0.141. The van der Waals surface area contributed by atoms with Crippen LogP contribution in [0.25, 0.3) is 10.4 Å². The summed E-state index contributed by atoms with van der Waals surface area (Å²) in [5.74, 6) is -0.577. The number of likely N-dealkylation sites (tertiary alicyclic amines) is 1. The molecule has 7 nitrogen and oxygen atoms in total. The Labute approximate surface area is 181 Å². The molecule has 3 rings (SSSR count). The number of carbonyl (C=O) groups is 2. The van der Waals surface area contributed by atoms with Gasteiger partial charge in [0.05, 0.1) is 28.2 Å². The first-order valence-electron chi connectivity index (χ1n) is 10.1. The van der Waals surface area contributed by atoms with Crippen molar-refractivity contribution < 1.29 is 14.7 Å². The number of benzene rings is 1. The van der Waals surface area contributed by atoms with Crippen LogP contribution < -0.4 is 11.1 Å². The maximum atomic E-state index is 12.8. The van der Waals surface area contributed by atoms with E-state index in [-0.39, 0.29) is 24.8 Å². The number of nitrogens with one attached hydrogen (secondary N) is 1. The molecule has 0 radical (unpaired) electrons. The average Bonchev–Trinajstić information content (AvgIpc) is 3.30. The second-order valence-electron chi connectivity index (χ2n) is 8.92. The van der Waals surface area contributed by atoms with Gasteiger partial charge in [-0.25, -0.2) is 4.98 Å². The van der Waals surface area contributed by atoms with Crippen LogP contribution in [0.1, 0.15) is 38.4 Å². The van der Waals surface area contributed by atoms with Crippen molar-refractivity contribution in [1.82, 2.24) is 15.2 Å². The molecular formula is C22H30N4O3S. The summed E-state index contributed by atoms with van der Waals surface area (Å²) in [6.07, 6.45) is -0.503. The van der Waals surface area contributed by atoms with Gasteiger partial charge >= 0.3 is 0 Å². The number of nitrogens with two attached hydrogens (primary N) is 1. The van der Waals surface area contributed by atoms with E-state index in [2.05, 4.69) is 10.3 Å². The Hall–Kier alpha value is -2.29. The van der Waals surface area contributed by atoms with Crippen LogP contribution in [0.5, 0.6) is 0 Å². The topological polar surface area (TPSA) is 109 Å². The number of β-amino-alcohol motifs (C(OH)–C–C–N with tert-alkyl or cyclic N) is 1. The van der Waals surface area contributed by atoms with Crippen LogP contribution in [0.2, 0.25) is 0 Å². The number of thiazole rings is 1. The van der Waals surface area contributed by atoms with Crippen molar-refractivity contribution in [3.8, 4) is 10.4 Å². The SMILES string of the molecule is Cc1ncsc1-c1ccc(CNC(=O)[C@@H]2C[C@@H](O)CN2C(=O)[C@@H](N)C(C)(C)C)cc1. The number of hydrogen-bond acceptors (Lipinski definition) is 6. The first-order chi connectivity index (χ1) is 14.1. The van der Waals surface area contributed by atoms with Gasteiger partial charge in [-0.1, -0.05) is 45.0 Å². The van der Waals surface area contributed by atoms with Crippen LogP contribution >= 0.6 is 11.3 Å². The average molecular weight is 431 g/mol. The molecule has 0 unspecified atom stereocenters. The molecule has 2 heterocycles. The van der Waals surface area contributed by atoms with Crippen LogP contribution in [-0.4, -0.2) is 51.5 Å². The van der Waals surface area contributed by atoms with E-state index in [0.29, 0.717) is 6.54 Å². The molecule has 162 valence electrons. The third-order valence-electron chi connectivity index (χ3n) is 5.49. The van der Waals surface area contributed by atoms with Gasteiger partial charge in [-0.15, -0.1) is 11.3 Å². The number of rotatable bonds is 5. The molecule has 3 atom stereocenters. The minimum Gasteiger partial charge on any atom is -0.391 e. The molecule has 0 saturated carbocycles. The number of aryl methyl sites for hydroxylation is 1. The van der Waals surface area contributed by atoms with Crippen molar-refractivity contribution in [2.45, 2.75) is 58.8 Å². The Morgan fingerprint density at radius 2 is 2.00 bits per heavy atom. The summed E-state index contributed by atoms with van der Waals surface area (Å²) in [6, 6.07) is 6.52. The number of hydrogen-bond donors (Lipinski definition) is 3. The van der Waals surface area contributed by atoms with Gasteiger partial charge in [0.1, 0.15) is 6.04 Å². The fourth-order valence-corrected chi connectivity index (χ4v) is 4.33. The fraction of sp³-hybridized carbons (Fsp3) is 0.500. The highest BCUT2D eigenvalue weighted by molar-refractivity contribution is 7.13. The molecule has 1 aromatic carbocycles. The second kappa shape index (κ2) is 8.83. The lowest BCUT2D eigenvalue weighted by atomic mass is 9.86. The van der Waals surface area contributed by atoms with Crippen LogP contribution in [0.4, 0.5) is 0 Å². The Morgan fingerprint density at radius 3 is 2.57 bits per heavy atom. The van der Waals surface area contributed by atoms with Gasteiger partial charge in [0, 0.05) is 19.5 Å². The van der Waals surface area contributed by atoms with Crippen LogP contribution in [0.15, 0.2) is 29.8 Å². The van der Waals surface area contributed by atoms with E-state index in [4.69, 9.17) is 5.73 Å². The van der Waals surface area contributed by atoms with Crippen molar-refractivity contribution in [2.75, 3.05) is 6.54 Å². The molecule has 1 aromatic heterocycles. The Kier molecular flexibility index (Phi) is 6.59. The lowest BCUT2D eigenvalue weighted by Crippen LogP contribution is -2.54. The molecule has 1 saturated heterocycles. The quantitative estimate of drug-likeness (QED) is 0.673. The predicted octanol–water partition coefficient (Wildman–Crippen LogP) is 2.07. The molecule has 1 fully saturated rings. The smallest absolute Gasteiger partial charge is 0.243 e. The van der Waals surface area contributed by atoms with Crippen LogP contribution in [-0.2, 0) is 16.1 Å². The Morgan fingerprint density at radius 1 is 1.33 bits per heavy atom. The van der Waals surface area contributed by atoms with E-state index in [1.54, 1.807) is 11.3 Å². The zero-order valence-electron chi connectivity index (χ0n) is 17.9. The van der Waals surface area contributed by atoms with Crippen LogP contribution in [0, 0.1) is 12.3 Å². The summed E-state index contributed by atoms with van der Waals surface area (Å²) < 4.78 is 0. The van der Waals surface area contributed by atoms with E-state index in [1.807, 2.05) is 57.5 Å². The zero-order valence-corrected chi connectivity index (χ0v) is 18.7. The Balaban J connectivity index is 1.63. The van der Waals surface area contributed by atoms with Crippen molar-refractivity contribution in [3.05, 3.63) is 41.0 Å². The minimum atomic E-state index is -0.735. The molecule has 2 amide bonds. The van der Waals surface area contributed by atoms with Gasteiger partial charge in [-0.2, -0.15) is 0 Å². The molecule has 8 heteroatoms. The summed E-state index contributed by atoms with van der Waals surface area (Å²) in [7, 11) is 0. The normalized spacial score (nSPS) is 20.3. The van der Waals surface area contributed by atoms with Crippen molar-refractivity contribution in [3.63, 3.8) is 0 Å². The maximum Gasteiger partial charge on any atom is 0.243 e. The maximum absolute atomic E-state index is 12.8. The van der Waals surface area contributed by atoms with Crippen molar-refractivity contribution in [2.24, 2.45) is 11.1 Å². The van der Waals surface area contributed by atoms with E-state index in [9.17, 15) is 14.7 Å². The standard InChI is InChI=1S/C22H30N4O3S/c1-13-18(30-12-25-13)15-7-5-14(6-8-15)10-24-20(28)17-9-16(27)11-26(17)21(29)19(23)22(2,3)4/h5-8,12,16-17,19,27H,9-11,23H2,1-4H3,(H,24,28)/t16-,17+,19-/m1/s1. The Bertz CT molecular complexity index is 904. The number of aromatic nitrogens is 1. The van der Waals surface area contributed by atoms with E-state index < -0.39 is 23.6 Å². The second-order valence-corrected chi connectivity index (χ2v) is 9.78. The highest BCUT2D eigenvalue weighted by Gasteiger charge is 2.42. The summed E-state index contributed by atoms with van der Waals surface area (Å²) in [5.41, 5.74) is 10.6. The summed E-state index contributed by atoms with van der Waals surface area (Å²) in [4.78, 5) is 32.4. The zero-order chi connectivity index (χ0) is 22.1. The molecule has 0 bridgehead atoms. The number of amides is 2. The van der Waals surface area contributed by atoms with E-state index in [0.717, 1.165) is 21.7 Å². The lowest BCUT2D eigenvalue weighted by Gasteiger charge is -2.32. The summed E-state index contributed by atoms with van der Waals surface area (Å²) >= 11 is 1.60. The molecule has 0 aliphatic carbocycles.